The first kappa shape index (κ1) is 28.4. The molecule has 0 heterocycles. The van der Waals surface area contributed by atoms with E-state index in [1.807, 2.05) is 31.2 Å². The molecular weight excluding hydrogens is 400 g/mol. The second-order valence-corrected chi connectivity index (χ2v) is 9.49. The van der Waals surface area contributed by atoms with Crippen molar-refractivity contribution in [2.24, 2.45) is 11.7 Å². The maximum absolute atomic E-state index is 9.21. The molecule has 0 aromatic heterocycles. The molecule has 1 aromatic rings. The van der Waals surface area contributed by atoms with E-state index in [4.69, 9.17) is 5.73 Å². The number of allylic oxidation sites excluding steroid dienone is 9. The standard InChI is InChI=1S/C31H44N2/c1-8-11-28(17-14-23(3)4)26(7)31(29-18-15-27(22-32)16-19-29)21-25(6)20-30(33)13-10-12-24(5)9-2/h8,11,14-19,21,24,30H,9-10,12-13,20,33H2,1-7H3/b11-8-,25-21+,28-17+,31-26-. The third kappa shape index (κ3) is 10.7. The predicted molar refractivity (Wildman–Crippen MR) is 146 cm³/mol. The Labute approximate surface area is 203 Å². The van der Waals surface area contributed by atoms with E-state index < -0.39 is 0 Å². The highest BCUT2D eigenvalue weighted by molar-refractivity contribution is 5.81. The van der Waals surface area contributed by atoms with E-state index >= 15 is 0 Å². The van der Waals surface area contributed by atoms with Crippen LogP contribution in [-0.2, 0) is 0 Å². The molecule has 0 saturated heterocycles. The van der Waals surface area contributed by atoms with Gasteiger partial charge >= 0.3 is 0 Å². The zero-order valence-electron chi connectivity index (χ0n) is 21.9. The smallest absolute Gasteiger partial charge is 0.0991 e. The van der Waals surface area contributed by atoms with Crippen LogP contribution >= 0.6 is 0 Å². The fraction of sp³-hybridized carbons (Fsp3) is 0.452. The summed E-state index contributed by atoms with van der Waals surface area (Å²) < 4.78 is 0. The molecule has 1 aromatic carbocycles. The highest BCUT2D eigenvalue weighted by Gasteiger charge is 2.10. The third-order valence-electron chi connectivity index (χ3n) is 6.05. The molecule has 2 unspecified atom stereocenters. The lowest BCUT2D eigenvalue weighted by Gasteiger charge is -2.16. The Hall–Kier alpha value is -2.63. The van der Waals surface area contributed by atoms with E-state index in [1.54, 1.807) is 0 Å². The summed E-state index contributed by atoms with van der Waals surface area (Å²) in [4.78, 5) is 0. The van der Waals surface area contributed by atoms with E-state index in [-0.39, 0.29) is 6.04 Å². The second-order valence-electron chi connectivity index (χ2n) is 9.49. The number of nitrogens with two attached hydrogens (primary N) is 1. The van der Waals surface area contributed by atoms with Crippen molar-refractivity contribution >= 4 is 5.57 Å². The van der Waals surface area contributed by atoms with Crippen LogP contribution in [0.15, 0.2) is 76.9 Å². The predicted octanol–water partition coefficient (Wildman–Crippen LogP) is 8.68. The average molecular weight is 445 g/mol. The van der Waals surface area contributed by atoms with Gasteiger partial charge in [0.25, 0.3) is 0 Å². The van der Waals surface area contributed by atoms with Crippen LogP contribution in [0.4, 0.5) is 0 Å². The molecule has 178 valence electrons. The minimum atomic E-state index is 0.184. The van der Waals surface area contributed by atoms with Gasteiger partial charge in [-0.25, -0.2) is 0 Å². The molecule has 1 rings (SSSR count). The van der Waals surface area contributed by atoms with Gasteiger partial charge in [-0.15, -0.1) is 0 Å². The van der Waals surface area contributed by atoms with Gasteiger partial charge in [-0.05, 0) is 87.8 Å². The summed E-state index contributed by atoms with van der Waals surface area (Å²) >= 11 is 0. The Bertz CT molecular complexity index is 926. The first-order valence-electron chi connectivity index (χ1n) is 12.3. The minimum absolute atomic E-state index is 0.184. The molecule has 0 fully saturated rings. The van der Waals surface area contributed by atoms with Gasteiger partial charge in [0.1, 0.15) is 0 Å². The maximum Gasteiger partial charge on any atom is 0.0991 e. The molecule has 2 nitrogen and oxygen atoms in total. The van der Waals surface area contributed by atoms with Crippen LogP contribution in [0, 0.1) is 17.2 Å². The fourth-order valence-corrected chi connectivity index (χ4v) is 3.78. The normalized spacial score (nSPS) is 15.1. The Kier molecular flexibility index (Phi) is 13.1. The molecule has 0 aliphatic rings. The Morgan fingerprint density at radius 1 is 1.06 bits per heavy atom. The number of nitriles is 1. The topological polar surface area (TPSA) is 49.8 Å². The highest BCUT2D eigenvalue weighted by atomic mass is 14.6. The summed E-state index contributed by atoms with van der Waals surface area (Å²) in [6.07, 6.45) is 16.5. The van der Waals surface area contributed by atoms with Gasteiger partial charge in [-0.2, -0.15) is 5.26 Å². The van der Waals surface area contributed by atoms with Gasteiger partial charge in [-0.3, -0.25) is 0 Å². The van der Waals surface area contributed by atoms with Gasteiger partial charge in [0.05, 0.1) is 11.6 Å². The summed E-state index contributed by atoms with van der Waals surface area (Å²) in [6.45, 7) is 15.2. The maximum atomic E-state index is 9.21. The highest BCUT2D eigenvalue weighted by Crippen LogP contribution is 2.28. The van der Waals surface area contributed by atoms with E-state index in [2.05, 4.69) is 78.0 Å². The first-order valence-corrected chi connectivity index (χ1v) is 12.3. The third-order valence-corrected chi connectivity index (χ3v) is 6.05. The molecule has 33 heavy (non-hydrogen) atoms. The average Bonchev–Trinajstić information content (AvgIpc) is 2.79. The van der Waals surface area contributed by atoms with E-state index in [0.29, 0.717) is 5.56 Å². The molecule has 2 heteroatoms. The Balaban J connectivity index is 3.32. The lowest BCUT2D eigenvalue weighted by Crippen LogP contribution is -2.20. The van der Waals surface area contributed by atoms with Crippen molar-refractivity contribution in [2.45, 2.75) is 86.6 Å². The molecule has 0 bridgehead atoms. The fourth-order valence-electron chi connectivity index (χ4n) is 3.78. The zero-order chi connectivity index (χ0) is 24.8. The minimum Gasteiger partial charge on any atom is -0.327 e. The molecule has 0 spiro atoms. The quantitative estimate of drug-likeness (QED) is 0.328. The van der Waals surface area contributed by atoms with Crippen LogP contribution in [0.5, 0.6) is 0 Å². The van der Waals surface area contributed by atoms with Crippen LogP contribution in [-0.4, -0.2) is 6.04 Å². The van der Waals surface area contributed by atoms with Crippen LogP contribution < -0.4 is 5.73 Å². The molecule has 0 aliphatic carbocycles. The van der Waals surface area contributed by atoms with E-state index in [9.17, 15) is 5.26 Å². The van der Waals surface area contributed by atoms with E-state index in [0.717, 1.165) is 24.3 Å². The van der Waals surface area contributed by atoms with Crippen LogP contribution in [0.3, 0.4) is 0 Å². The second kappa shape index (κ2) is 15.3. The van der Waals surface area contributed by atoms with Crippen molar-refractivity contribution in [3.63, 3.8) is 0 Å². The summed E-state index contributed by atoms with van der Waals surface area (Å²) in [5.74, 6) is 0.778. The number of nitrogens with zero attached hydrogens (tertiary/aromatic N) is 1. The number of hydrogen-bond acceptors (Lipinski definition) is 2. The number of benzene rings is 1. The van der Waals surface area contributed by atoms with Crippen LogP contribution in [0.25, 0.3) is 5.57 Å². The SMILES string of the molecule is C\C=C/C(=C\C=C(C)C)C(/C)=C(/C=C(\C)CC(N)CCCC(C)CC)c1ccc(C#N)cc1. The molecule has 0 saturated carbocycles. The largest absolute Gasteiger partial charge is 0.327 e. The van der Waals surface area contributed by atoms with Gasteiger partial charge in [0, 0.05) is 6.04 Å². The lowest BCUT2D eigenvalue weighted by molar-refractivity contribution is 0.460. The monoisotopic (exact) mass is 444 g/mol. The molecule has 2 N–H and O–H groups in total. The summed E-state index contributed by atoms with van der Waals surface area (Å²) in [5, 5.41) is 9.21. The summed E-state index contributed by atoms with van der Waals surface area (Å²) in [6, 6.07) is 10.3. The number of rotatable bonds is 12. The van der Waals surface area contributed by atoms with Crippen LogP contribution in [0.2, 0.25) is 0 Å². The zero-order valence-corrected chi connectivity index (χ0v) is 21.9. The number of hydrogen-bond donors (Lipinski definition) is 1. The van der Waals surface area contributed by atoms with Gasteiger partial charge < -0.3 is 5.73 Å². The van der Waals surface area contributed by atoms with Crippen molar-refractivity contribution in [1.29, 1.82) is 5.26 Å². The first-order chi connectivity index (χ1) is 15.7. The van der Waals surface area contributed by atoms with Crippen molar-refractivity contribution in [3.8, 4) is 6.07 Å². The molecule has 2 atom stereocenters. The van der Waals surface area contributed by atoms with Crippen LogP contribution in [0.1, 0.15) is 91.7 Å². The molecular formula is C31H44N2. The summed E-state index contributed by atoms with van der Waals surface area (Å²) in [5.41, 5.74) is 14.4. The van der Waals surface area contributed by atoms with Gasteiger partial charge in [-0.1, -0.05) is 86.8 Å². The Morgan fingerprint density at radius 2 is 1.73 bits per heavy atom. The van der Waals surface area contributed by atoms with Crippen molar-refractivity contribution in [2.75, 3.05) is 0 Å². The molecule has 0 radical (unpaired) electrons. The van der Waals surface area contributed by atoms with E-state index in [1.165, 1.54) is 47.1 Å². The van der Waals surface area contributed by atoms with Crippen molar-refractivity contribution in [1.82, 2.24) is 0 Å². The lowest BCUT2D eigenvalue weighted by atomic mass is 9.91. The van der Waals surface area contributed by atoms with Crippen molar-refractivity contribution in [3.05, 3.63) is 88.1 Å². The molecule has 0 aliphatic heterocycles. The Morgan fingerprint density at radius 3 is 2.27 bits per heavy atom. The summed E-state index contributed by atoms with van der Waals surface area (Å²) in [7, 11) is 0. The molecule has 0 amide bonds. The van der Waals surface area contributed by atoms with Gasteiger partial charge in [0.15, 0.2) is 0 Å². The van der Waals surface area contributed by atoms with Gasteiger partial charge in [0.2, 0.25) is 0 Å². The van der Waals surface area contributed by atoms with Crippen molar-refractivity contribution < 1.29 is 0 Å².